The molecule has 0 aliphatic carbocycles. The van der Waals surface area contributed by atoms with Gasteiger partial charge in [-0.2, -0.15) is 0 Å². The number of carbonyl (C=O) groups is 1. The van der Waals surface area contributed by atoms with Crippen molar-refractivity contribution in [3.63, 3.8) is 0 Å². The third kappa shape index (κ3) is 3.32. The van der Waals surface area contributed by atoms with Gasteiger partial charge in [0.1, 0.15) is 0 Å². The molecule has 0 aliphatic heterocycles. The first kappa shape index (κ1) is 11.7. The molecule has 0 bridgehead atoms. The fraction of sp³-hybridized carbons (Fsp3) is 0.455. The van der Waals surface area contributed by atoms with Gasteiger partial charge in [0.05, 0.1) is 11.7 Å². The number of likely N-dealkylation sites (N-methyl/N-ethyl adjacent to an activating group) is 1. The summed E-state index contributed by atoms with van der Waals surface area (Å²) in [5, 5.41) is 0. The fourth-order valence-electron chi connectivity index (χ4n) is 1.30. The summed E-state index contributed by atoms with van der Waals surface area (Å²) in [4.78, 5) is 17.2. The van der Waals surface area contributed by atoms with Crippen molar-refractivity contribution in [1.29, 1.82) is 0 Å². The number of pyridine rings is 1. The molecule has 0 spiro atoms. The maximum absolute atomic E-state index is 11.0. The summed E-state index contributed by atoms with van der Waals surface area (Å²) >= 11 is 0. The minimum Gasteiger partial charge on any atom is -0.368 e. The van der Waals surface area contributed by atoms with Crippen molar-refractivity contribution in [2.45, 2.75) is 26.4 Å². The lowest BCUT2D eigenvalue weighted by Gasteiger charge is -2.21. The summed E-state index contributed by atoms with van der Waals surface area (Å²) in [6, 6.07) is 5.57. The van der Waals surface area contributed by atoms with Crippen LogP contribution >= 0.6 is 0 Å². The number of aryl methyl sites for hydroxylation is 1. The Hall–Kier alpha value is -1.42. The van der Waals surface area contributed by atoms with E-state index in [1.165, 1.54) is 0 Å². The Labute approximate surface area is 90.1 Å². The van der Waals surface area contributed by atoms with E-state index in [2.05, 4.69) is 4.98 Å². The van der Waals surface area contributed by atoms with Gasteiger partial charge in [0.2, 0.25) is 5.91 Å². The van der Waals surface area contributed by atoms with Gasteiger partial charge in [-0.15, -0.1) is 0 Å². The first-order chi connectivity index (χ1) is 7.00. The smallest absolute Gasteiger partial charge is 0.234 e. The van der Waals surface area contributed by atoms with Crippen LogP contribution in [-0.4, -0.2) is 28.9 Å². The molecule has 82 valence electrons. The van der Waals surface area contributed by atoms with E-state index in [1.54, 1.807) is 6.92 Å². The molecular weight excluding hydrogens is 190 g/mol. The number of nitrogens with zero attached hydrogens (tertiary/aromatic N) is 2. The average molecular weight is 207 g/mol. The molecule has 2 N–H and O–H groups in total. The Morgan fingerprint density at radius 1 is 1.60 bits per heavy atom. The molecule has 0 aliphatic rings. The second-order valence-corrected chi connectivity index (χ2v) is 3.76. The number of aromatic nitrogens is 1. The minimum atomic E-state index is -0.315. The topological polar surface area (TPSA) is 59.2 Å². The molecule has 0 aromatic carbocycles. The number of hydrogen-bond acceptors (Lipinski definition) is 3. The zero-order chi connectivity index (χ0) is 11.4. The first-order valence-electron chi connectivity index (χ1n) is 4.93. The summed E-state index contributed by atoms with van der Waals surface area (Å²) < 4.78 is 0. The van der Waals surface area contributed by atoms with E-state index in [4.69, 9.17) is 5.73 Å². The van der Waals surface area contributed by atoms with Crippen LogP contribution in [0.4, 0.5) is 0 Å². The number of nitrogens with two attached hydrogens (primary N) is 1. The Balaban J connectivity index is 2.66. The van der Waals surface area contributed by atoms with Crippen molar-refractivity contribution in [3.8, 4) is 0 Å². The Bertz CT molecular complexity index is 351. The molecule has 1 unspecified atom stereocenters. The van der Waals surface area contributed by atoms with Crippen LogP contribution in [-0.2, 0) is 11.3 Å². The van der Waals surface area contributed by atoms with Crippen molar-refractivity contribution in [2.75, 3.05) is 7.05 Å². The van der Waals surface area contributed by atoms with Gasteiger partial charge in [-0.1, -0.05) is 6.07 Å². The lowest BCUT2D eigenvalue weighted by atomic mass is 10.2. The number of hydrogen-bond donors (Lipinski definition) is 1. The van der Waals surface area contributed by atoms with Gasteiger partial charge in [-0.25, -0.2) is 0 Å². The lowest BCUT2D eigenvalue weighted by Crippen LogP contribution is -2.39. The molecule has 1 amide bonds. The van der Waals surface area contributed by atoms with Gasteiger partial charge < -0.3 is 5.73 Å². The second kappa shape index (κ2) is 4.89. The molecule has 4 nitrogen and oxygen atoms in total. The molecule has 0 saturated carbocycles. The van der Waals surface area contributed by atoms with Crippen LogP contribution in [0, 0.1) is 6.92 Å². The third-order valence-corrected chi connectivity index (χ3v) is 2.43. The van der Waals surface area contributed by atoms with Crippen molar-refractivity contribution >= 4 is 5.91 Å². The first-order valence-corrected chi connectivity index (χ1v) is 4.93. The standard InChI is InChI=1S/C11H17N3O/c1-8-5-4-6-10(13-8)7-14(3)9(2)11(12)15/h4-6,9H,7H2,1-3H3,(H2,12,15). The van der Waals surface area contributed by atoms with Crippen LogP contribution in [0.5, 0.6) is 0 Å². The van der Waals surface area contributed by atoms with Crippen LogP contribution < -0.4 is 5.73 Å². The van der Waals surface area contributed by atoms with E-state index < -0.39 is 0 Å². The van der Waals surface area contributed by atoms with E-state index in [1.807, 2.05) is 37.1 Å². The Morgan fingerprint density at radius 2 is 2.27 bits per heavy atom. The maximum Gasteiger partial charge on any atom is 0.234 e. The second-order valence-electron chi connectivity index (χ2n) is 3.76. The van der Waals surface area contributed by atoms with Crippen LogP contribution in [0.25, 0.3) is 0 Å². The number of rotatable bonds is 4. The molecule has 1 heterocycles. The summed E-state index contributed by atoms with van der Waals surface area (Å²) in [5.74, 6) is -0.315. The highest BCUT2D eigenvalue weighted by atomic mass is 16.1. The molecule has 0 fully saturated rings. The maximum atomic E-state index is 11.0. The van der Waals surface area contributed by atoms with Gasteiger partial charge in [-0.3, -0.25) is 14.7 Å². The summed E-state index contributed by atoms with van der Waals surface area (Å²) in [5.41, 5.74) is 7.15. The van der Waals surface area contributed by atoms with Crippen LogP contribution in [0.2, 0.25) is 0 Å². The van der Waals surface area contributed by atoms with Crippen LogP contribution in [0.3, 0.4) is 0 Å². The van der Waals surface area contributed by atoms with Crippen LogP contribution in [0.1, 0.15) is 18.3 Å². The van der Waals surface area contributed by atoms with Gasteiger partial charge in [-0.05, 0) is 33.0 Å². The van der Waals surface area contributed by atoms with Gasteiger partial charge in [0, 0.05) is 12.2 Å². The highest BCUT2D eigenvalue weighted by Gasteiger charge is 2.14. The largest absolute Gasteiger partial charge is 0.368 e. The van der Waals surface area contributed by atoms with Crippen LogP contribution in [0.15, 0.2) is 18.2 Å². The minimum absolute atomic E-state index is 0.271. The zero-order valence-corrected chi connectivity index (χ0v) is 9.40. The van der Waals surface area contributed by atoms with E-state index in [0.717, 1.165) is 11.4 Å². The quantitative estimate of drug-likeness (QED) is 0.790. The van der Waals surface area contributed by atoms with E-state index in [0.29, 0.717) is 6.54 Å². The van der Waals surface area contributed by atoms with Crippen molar-refractivity contribution < 1.29 is 4.79 Å². The van der Waals surface area contributed by atoms with E-state index in [9.17, 15) is 4.79 Å². The predicted molar refractivity (Wildman–Crippen MR) is 59.1 cm³/mol. The number of primary amides is 1. The monoisotopic (exact) mass is 207 g/mol. The molecule has 0 radical (unpaired) electrons. The van der Waals surface area contributed by atoms with Gasteiger partial charge in [0.15, 0.2) is 0 Å². The SMILES string of the molecule is Cc1cccc(CN(C)C(C)C(N)=O)n1. The molecule has 1 aromatic rings. The third-order valence-electron chi connectivity index (χ3n) is 2.43. The molecule has 15 heavy (non-hydrogen) atoms. The van der Waals surface area contributed by atoms with Crippen molar-refractivity contribution in [1.82, 2.24) is 9.88 Å². The molecule has 0 saturated heterocycles. The van der Waals surface area contributed by atoms with Gasteiger partial charge in [0.25, 0.3) is 0 Å². The normalized spacial score (nSPS) is 12.8. The molecule has 1 rings (SSSR count). The lowest BCUT2D eigenvalue weighted by molar-refractivity contribution is -0.122. The van der Waals surface area contributed by atoms with Crippen molar-refractivity contribution in [3.05, 3.63) is 29.6 Å². The molecule has 1 aromatic heterocycles. The fourth-order valence-corrected chi connectivity index (χ4v) is 1.30. The van der Waals surface area contributed by atoms with E-state index in [-0.39, 0.29) is 11.9 Å². The van der Waals surface area contributed by atoms with Crippen molar-refractivity contribution in [2.24, 2.45) is 5.73 Å². The molecular formula is C11H17N3O. The summed E-state index contributed by atoms with van der Waals surface area (Å²) in [7, 11) is 1.86. The summed E-state index contributed by atoms with van der Waals surface area (Å²) in [6.45, 7) is 4.37. The average Bonchev–Trinajstić information content (AvgIpc) is 2.16. The highest BCUT2D eigenvalue weighted by molar-refractivity contribution is 5.79. The van der Waals surface area contributed by atoms with E-state index >= 15 is 0 Å². The number of amides is 1. The zero-order valence-electron chi connectivity index (χ0n) is 9.40. The summed E-state index contributed by atoms with van der Waals surface area (Å²) in [6.07, 6.45) is 0. The Morgan fingerprint density at radius 3 is 2.80 bits per heavy atom. The van der Waals surface area contributed by atoms with Gasteiger partial charge >= 0.3 is 0 Å². The molecule has 4 heteroatoms. The predicted octanol–water partition coefficient (Wildman–Crippen LogP) is 0.696. The Kier molecular flexibility index (Phi) is 3.80. The molecule has 1 atom stereocenters. The highest BCUT2D eigenvalue weighted by Crippen LogP contribution is 2.04. The number of carbonyl (C=O) groups excluding carboxylic acids is 1.